The number of fused-ring (bicyclic) bond motifs is 1. The molecule has 0 amide bonds. The van der Waals surface area contributed by atoms with E-state index < -0.39 is 9.84 Å². The van der Waals surface area contributed by atoms with Gasteiger partial charge in [0.05, 0.1) is 23.4 Å². The summed E-state index contributed by atoms with van der Waals surface area (Å²) in [4.78, 5) is 21.6. The summed E-state index contributed by atoms with van der Waals surface area (Å²) in [6.45, 7) is 2.30. The van der Waals surface area contributed by atoms with Gasteiger partial charge in [-0.1, -0.05) is 18.2 Å². The Hall–Kier alpha value is -2.72. The zero-order valence-electron chi connectivity index (χ0n) is 14.6. The van der Waals surface area contributed by atoms with Crippen molar-refractivity contribution in [2.45, 2.75) is 0 Å². The molecule has 1 saturated heterocycles. The maximum absolute atomic E-state index is 12.3. The lowest BCUT2D eigenvalue weighted by atomic mass is 10.3. The van der Waals surface area contributed by atoms with Crippen LogP contribution in [0.2, 0.25) is 0 Å². The van der Waals surface area contributed by atoms with E-state index in [1.165, 1.54) is 6.20 Å². The summed E-state index contributed by atoms with van der Waals surface area (Å²) in [6, 6.07) is 9.50. The molecule has 27 heavy (non-hydrogen) atoms. The van der Waals surface area contributed by atoms with Gasteiger partial charge in [0.25, 0.3) is 5.56 Å². The quantitative estimate of drug-likeness (QED) is 0.644. The molecule has 3 aromatic rings. The molecule has 142 valence electrons. The van der Waals surface area contributed by atoms with Gasteiger partial charge >= 0.3 is 0 Å². The lowest BCUT2D eigenvalue weighted by molar-refractivity contribution is 0.307. The Labute approximate surface area is 155 Å². The average Bonchev–Trinajstić information content (AvgIpc) is 3.08. The zero-order valence-corrected chi connectivity index (χ0v) is 15.4. The van der Waals surface area contributed by atoms with Gasteiger partial charge in [-0.2, -0.15) is 10.1 Å². The molecule has 3 heterocycles. The van der Waals surface area contributed by atoms with E-state index in [9.17, 15) is 13.2 Å². The summed E-state index contributed by atoms with van der Waals surface area (Å²) in [5.41, 5.74) is 1.05. The topological polar surface area (TPSA) is 113 Å². The van der Waals surface area contributed by atoms with E-state index in [2.05, 4.69) is 25.3 Å². The highest BCUT2D eigenvalue weighted by atomic mass is 32.2. The fraction of sp³-hybridized carbons (Fsp3) is 0.353. The molecule has 2 aromatic heterocycles. The molecule has 0 unspecified atom stereocenters. The predicted octanol–water partition coefficient (Wildman–Crippen LogP) is 0.251. The average molecular weight is 388 g/mol. The number of hydrogen-bond donors (Lipinski definition) is 2. The standard InChI is InChI=1S/C17H20N6O3S/c24-16-14-12-19-23(13-4-2-1-3-5-13)15(14)20-17(21-16)18-6-7-22-8-10-27(25,26)11-9-22/h1-5,12H,6-11H2,(H2,18,20,21,24). The molecule has 0 bridgehead atoms. The lowest BCUT2D eigenvalue weighted by Crippen LogP contribution is -2.42. The molecule has 1 fully saturated rings. The third-order valence-electron chi connectivity index (χ3n) is 4.60. The molecule has 0 spiro atoms. The maximum atomic E-state index is 12.3. The third-order valence-corrected chi connectivity index (χ3v) is 6.21. The number of rotatable bonds is 5. The minimum absolute atomic E-state index is 0.199. The van der Waals surface area contributed by atoms with Crippen LogP contribution in [0.4, 0.5) is 5.95 Å². The largest absolute Gasteiger partial charge is 0.354 e. The van der Waals surface area contributed by atoms with Gasteiger partial charge in [-0.3, -0.25) is 14.7 Å². The number of hydrogen-bond acceptors (Lipinski definition) is 7. The third kappa shape index (κ3) is 3.86. The van der Waals surface area contributed by atoms with Gasteiger partial charge in [0, 0.05) is 26.2 Å². The number of anilines is 1. The lowest BCUT2D eigenvalue weighted by Gasteiger charge is -2.26. The summed E-state index contributed by atoms with van der Waals surface area (Å²) >= 11 is 0. The molecule has 0 atom stereocenters. The van der Waals surface area contributed by atoms with Crippen LogP contribution in [-0.4, -0.2) is 70.8 Å². The molecule has 0 saturated carbocycles. The van der Waals surface area contributed by atoms with E-state index in [-0.39, 0.29) is 17.1 Å². The van der Waals surface area contributed by atoms with Crippen LogP contribution in [0.3, 0.4) is 0 Å². The number of benzene rings is 1. The van der Waals surface area contributed by atoms with Crippen molar-refractivity contribution in [3.8, 4) is 5.69 Å². The molecule has 2 N–H and O–H groups in total. The second-order valence-electron chi connectivity index (χ2n) is 6.46. The number of H-pyrrole nitrogens is 1. The smallest absolute Gasteiger partial charge is 0.263 e. The Morgan fingerprint density at radius 1 is 1.15 bits per heavy atom. The van der Waals surface area contributed by atoms with E-state index >= 15 is 0 Å². The van der Waals surface area contributed by atoms with Crippen LogP contribution < -0.4 is 10.9 Å². The van der Waals surface area contributed by atoms with Crippen LogP contribution in [-0.2, 0) is 9.84 Å². The molecule has 0 aliphatic carbocycles. The van der Waals surface area contributed by atoms with Crippen LogP contribution in [0.5, 0.6) is 0 Å². The van der Waals surface area contributed by atoms with E-state index in [1.54, 1.807) is 4.68 Å². The first-order valence-corrected chi connectivity index (χ1v) is 10.5. The fourth-order valence-corrected chi connectivity index (χ4v) is 4.34. The summed E-state index contributed by atoms with van der Waals surface area (Å²) in [7, 11) is -2.88. The monoisotopic (exact) mass is 388 g/mol. The van der Waals surface area contributed by atoms with Crippen LogP contribution in [0.25, 0.3) is 16.7 Å². The summed E-state index contributed by atoms with van der Waals surface area (Å²) in [5.74, 6) is 0.768. The first kappa shape index (κ1) is 17.7. The van der Waals surface area contributed by atoms with Crippen LogP contribution >= 0.6 is 0 Å². The summed E-state index contributed by atoms with van der Waals surface area (Å²) < 4.78 is 24.6. The van der Waals surface area contributed by atoms with Gasteiger partial charge in [-0.15, -0.1) is 0 Å². The van der Waals surface area contributed by atoms with Crippen molar-refractivity contribution in [3.63, 3.8) is 0 Å². The molecule has 1 aromatic carbocycles. The Bertz CT molecular complexity index is 1090. The van der Waals surface area contributed by atoms with Gasteiger partial charge in [0.15, 0.2) is 15.5 Å². The number of aromatic nitrogens is 4. The highest BCUT2D eigenvalue weighted by Crippen LogP contribution is 2.14. The number of nitrogens with zero attached hydrogens (tertiary/aromatic N) is 4. The Balaban J connectivity index is 1.49. The predicted molar refractivity (Wildman–Crippen MR) is 103 cm³/mol. The van der Waals surface area contributed by atoms with Crippen molar-refractivity contribution in [1.29, 1.82) is 0 Å². The fourth-order valence-electron chi connectivity index (χ4n) is 3.07. The summed E-state index contributed by atoms with van der Waals surface area (Å²) in [5, 5.41) is 7.81. The van der Waals surface area contributed by atoms with Gasteiger partial charge in [0.1, 0.15) is 5.39 Å². The SMILES string of the molecule is O=c1[nH]c(NCCN2CCS(=O)(=O)CC2)nc2c1cnn2-c1ccccc1. The van der Waals surface area contributed by atoms with E-state index in [0.29, 0.717) is 43.2 Å². The van der Waals surface area contributed by atoms with Gasteiger partial charge < -0.3 is 5.32 Å². The second-order valence-corrected chi connectivity index (χ2v) is 8.77. The second kappa shape index (κ2) is 7.12. The molecular weight excluding hydrogens is 368 g/mol. The highest BCUT2D eigenvalue weighted by molar-refractivity contribution is 7.91. The maximum Gasteiger partial charge on any atom is 0.263 e. The minimum Gasteiger partial charge on any atom is -0.354 e. The van der Waals surface area contributed by atoms with Crippen LogP contribution in [0.1, 0.15) is 0 Å². The van der Waals surface area contributed by atoms with Gasteiger partial charge in [-0.25, -0.2) is 13.1 Å². The van der Waals surface area contributed by atoms with Gasteiger partial charge in [-0.05, 0) is 12.1 Å². The molecule has 9 nitrogen and oxygen atoms in total. The van der Waals surface area contributed by atoms with Gasteiger partial charge in [0.2, 0.25) is 5.95 Å². The number of nitrogens with one attached hydrogen (secondary N) is 2. The van der Waals surface area contributed by atoms with Crippen molar-refractivity contribution in [2.24, 2.45) is 0 Å². The van der Waals surface area contributed by atoms with Crippen molar-refractivity contribution in [3.05, 3.63) is 46.9 Å². The molecule has 0 radical (unpaired) electrons. The van der Waals surface area contributed by atoms with Crippen molar-refractivity contribution >= 4 is 26.8 Å². The zero-order chi connectivity index (χ0) is 18.9. The molecule has 1 aliphatic rings. The Morgan fingerprint density at radius 2 is 1.89 bits per heavy atom. The Morgan fingerprint density at radius 3 is 2.63 bits per heavy atom. The first-order valence-electron chi connectivity index (χ1n) is 8.72. The molecule has 10 heteroatoms. The van der Waals surface area contributed by atoms with Crippen molar-refractivity contribution in [2.75, 3.05) is 43.0 Å². The number of para-hydroxylation sites is 1. The van der Waals surface area contributed by atoms with E-state index in [4.69, 9.17) is 0 Å². The molecular formula is C17H20N6O3S. The van der Waals surface area contributed by atoms with E-state index in [0.717, 1.165) is 5.69 Å². The molecule has 1 aliphatic heterocycles. The Kier molecular flexibility index (Phi) is 4.66. The number of aromatic amines is 1. The highest BCUT2D eigenvalue weighted by Gasteiger charge is 2.21. The molecule has 4 rings (SSSR count). The van der Waals surface area contributed by atoms with Crippen molar-refractivity contribution < 1.29 is 8.42 Å². The minimum atomic E-state index is -2.88. The normalized spacial score (nSPS) is 17.2. The van der Waals surface area contributed by atoms with Crippen LogP contribution in [0.15, 0.2) is 41.3 Å². The van der Waals surface area contributed by atoms with Crippen LogP contribution in [0, 0.1) is 0 Å². The summed E-state index contributed by atoms with van der Waals surface area (Å²) in [6.07, 6.45) is 1.51. The number of sulfone groups is 1. The van der Waals surface area contributed by atoms with E-state index in [1.807, 2.05) is 30.3 Å². The first-order chi connectivity index (χ1) is 13.0. The van der Waals surface area contributed by atoms with Crippen molar-refractivity contribution in [1.82, 2.24) is 24.6 Å².